The summed E-state index contributed by atoms with van der Waals surface area (Å²) in [5, 5.41) is 1.38. The van der Waals surface area contributed by atoms with E-state index in [1.807, 2.05) is 40.9 Å². The molecule has 2 heterocycles. The number of rotatable bonds is 2. The van der Waals surface area contributed by atoms with Crippen LogP contribution in [0.25, 0.3) is 10.9 Å². The Hall–Kier alpha value is -1.79. The molecule has 0 spiro atoms. The number of anilines is 1. The van der Waals surface area contributed by atoms with Gasteiger partial charge in [-0.05, 0) is 12.1 Å². The molecule has 0 bridgehead atoms. The van der Waals surface area contributed by atoms with Gasteiger partial charge in [0.25, 0.3) is 5.91 Å². The summed E-state index contributed by atoms with van der Waals surface area (Å²) in [7, 11) is 0. The summed E-state index contributed by atoms with van der Waals surface area (Å²) >= 11 is 1.90. The van der Waals surface area contributed by atoms with E-state index in [0.717, 1.165) is 35.4 Å². The maximum atomic E-state index is 12.6. The Morgan fingerprint density at radius 1 is 1.48 bits per heavy atom. The molecule has 2 aromatic rings. The molecule has 5 nitrogen and oxygen atoms in total. The van der Waals surface area contributed by atoms with Crippen molar-refractivity contribution in [3.8, 4) is 0 Å². The lowest BCUT2D eigenvalue weighted by Gasteiger charge is -2.30. The summed E-state index contributed by atoms with van der Waals surface area (Å²) in [4.78, 5) is 19.0. The first-order chi connectivity index (χ1) is 10.2. The van der Waals surface area contributed by atoms with Gasteiger partial charge in [0.15, 0.2) is 0 Å². The zero-order valence-corrected chi connectivity index (χ0v) is 12.7. The van der Waals surface area contributed by atoms with E-state index in [0.29, 0.717) is 10.9 Å². The number of aromatic nitrogens is 1. The fourth-order valence-corrected chi connectivity index (χ4v) is 3.58. The maximum Gasteiger partial charge on any atom is 0.272 e. The third kappa shape index (κ3) is 2.82. The van der Waals surface area contributed by atoms with Gasteiger partial charge in [0.2, 0.25) is 0 Å². The summed E-state index contributed by atoms with van der Waals surface area (Å²) in [5.74, 6) is 6.53. The highest BCUT2D eigenvalue weighted by molar-refractivity contribution is 7.99. The summed E-state index contributed by atoms with van der Waals surface area (Å²) in [6, 6.07) is 9.39. The highest BCUT2D eigenvalue weighted by Crippen LogP contribution is 2.24. The Kier molecular flexibility index (Phi) is 3.98. The average Bonchev–Trinajstić information content (AvgIpc) is 2.53. The predicted octanol–water partition coefficient (Wildman–Crippen LogP) is 2.10. The summed E-state index contributed by atoms with van der Waals surface area (Å²) < 4.78 is 0. The minimum absolute atomic E-state index is 0.0237. The first-order valence-electron chi connectivity index (χ1n) is 6.96. The molecule has 1 aliphatic rings. The summed E-state index contributed by atoms with van der Waals surface area (Å²) in [6.45, 7) is 3.68. The van der Waals surface area contributed by atoms with E-state index in [2.05, 4.69) is 17.3 Å². The fourth-order valence-electron chi connectivity index (χ4n) is 2.57. The van der Waals surface area contributed by atoms with E-state index in [1.54, 1.807) is 6.07 Å². The van der Waals surface area contributed by atoms with Gasteiger partial charge in [-0.2, -0.15) is 11.8 Å². The monoisotopic (exact) mass is 302 g/mol. The van der Waals surface area contributed by atoms with Crippen LogP contribution in [-0.2, 0) is 0 Å². The normalized spacial score (nSPS) is 18.8. The highest BCUT2D eigenvalue weighted by atomic mass is 32.2. The zero-order chi connectivity index (χ0) is 14.8. The van der Waals surface area contributed by atoms with Gasteiger partial charge in [-0.1, -0.05) is 25.1 Å². The Labute approximate surface area is 127 Å². The smallest absolute Gasteiger partial charge is 0.272 e. The van der Waals surface area contributed by atoms with E-state index in [9.17, 15) is 4.79 Å². The molecule has 1 saturated heterocycles. The van der Waals surface area contributed by atoms with Crippen molar-refractivity contribution in [2.24, 2.45) is 5.84 Å². The number of nitrogens with one attached hydrogen (secondary N) is 1. The lowest BCUT2D eigenvalue weighted by atomic mass is 10.1. The van der Waals surface area contributed by atoms with E-state index >= 15 is 0 Å². The van der Waals surface area contributed by atoms with Crippen molar-refractivity contribution in [1.82, 2.24) is 9.88 Å². The Morgan fingerprint density at radius 2 is 2.29 bits per heavy atom. The number of hydrogen-bond donors (Lipinski definition) is 2. The minimum atomic E-state index is -0.0237. The fraction of sp³-hybridized carbons (Fsp3) is 0.333. The summed E-state index contributed by atoms with van der Waals surface area (Å²) in [6.07, 6.45) is 0. The van der Waals surface area contributed by atoms with Gasteiger partial charge >= 0.3 is 0 Å². The van der Waals surface area contributed by atoms with Crippen LogP contribution in [0, 0.1) is 0 Å². The number of fused-ring (bicyclic) bond motifs is 1. The zero-order valence-electron chi connectivity index (χ0n) is 11.9. The van der Waals surface area contributed by atoms with Crippen LogP contribution in [0.15, 0.2) is 30.3 Å². The van der Waals surface area contributed by atoms with Gasteiger partial charge < -0.3 is 10.3 Å². The van der Waals surface area contributed by atoms with Gasteiger partial charge in [0, 0.05) is 29.5 Å². The Bertz CT molecular complexity index is 676. The molecular formula is C15H18N4OS. The third-order valence-electron chi connectivity index (χ3n) is 3.62. The van der Waals surface area contributed by atoms with Crippen LogP contribution in [-0.4, -0.2) is 39.9 Å². The second-order valence-electron chi connectivity index (χ2n) is 5.15. The van der Waals surface area contributed by atoms with Crippen LogP contribution in [0.5, 0.6) is 0 Å². The number of benzene rings is 1. The number of para-hydroxylation sites is 1. The molecule has 21 heavy (non-hydrogen) atoms. The minimum Gasteiger partial charge on any atom is -0.335 e. The molecule has 1 aliphatic heterocycles. The number of amides is 1. The van der Waals surface area contributed by atoms with Gasteiger partial charge in [0.05, 0.1) is 11.2 Å². The molecule has 3 N–H and O–H groups in total. The van der Waals surface area contributed by atoms with E-state index in [1.165, 1.54) is 0 Å². The topological polar surface area (TPSA) is 71.2 Å². The molecule has 1 atom stereocenters. The van der Waals surface area contributed by atoms with E-state index in [4.69, 9.17) is 5.84 Å². The van der Waals surface area contributed by atoms with Crippen LogP contribution in [0.1, 0.15) is 17.4 Å². The van der Waals surface area contributed by atoms with Crippen LogP contribution in [0.3, 0.4) is 0 Å². The van der Waals surface area contributed by atoms with Gasteiger partial charge in [-0.25, -0.2) is 4.98 Å². The maximum absolute atomic E-state index is 12.6. The molecule has 1 aromatic carbocycles. The summed E-state index contributed by atoms with van der Waals surface area (Å²) in [5.41, 5.74) is 4.61. The number of thioether (sulfide) groups is 1. The van der Waals surface area contributed by atoms with Crippen molar-refractivity contribution in [1.29, 1.82) is 0 Å². The lowest BCUT2D eigenvalue weighted by molar-refractivity contribution is 0.0758. The number of hydrazine groups is 1. The lowest BCUT2D eigenvalue weighted by Crippen LogP contribution is -2.41. The number of carbonyl (C=O) groups excluding carboxylic acids is 1. The second kappa shape index (κ2) is 5.91. The molecule has 6 heteroatoms. The Morgan fingerprint density at radius 3 is 3.05 bits per heavy atom. The number of nitrogens with zero attached hydrogens (tertiary/aromatic N) is 2. The van der Waals surface area contributed by atoms with Crippen molar-refractivity contribution >= 4 is 34.3 Å². The van der Waals surface area contributed by atoms with Crippen molar-refractivity contribution in [2.45, 2.75) is 12.2 Å². The van der Waals surface area contributed by atoms with Crippen molar-refractivity contribution in [2.75, 3.05) is 24.3 Å². The number of nitrogen functional groups attached to an aromatic ring is 1. The highest BCUT2D eigenvalue weighted by Gasteiger charge is 2.24. The van der Waals surface area contributed by atoms with Crippen molar-refractivity contribution < 1.29 is 4.79 Å². The van der Waals surface area contributed by atoms with Crippen LogP contribution in [0.2, 0.25) is 0 Å². The largest absolute Gasteiger partial charge is 0.335 e. The Balaban J connectivity index is 1.98. The van der Waals surface area contributed by atoms with Crippen LogP contribution < -0.4 is 11.3 Å². The van der Waals surface area contributed by atoms with Crippen LogP contribution >= 0.6 is 11.8 Å². The standard InChI is InChI=1S/C15H18N4OS/c1-10-9-19(6-7-21-10)15(20)14-8-13(18-16)11-4-2-3-5-12(11)17-14/h2-5,8,10H,6-7,9,16H2,1H3,(H,17,18). The average molecular weight is 302 g/mol. The molecule has 0 radical (unpaired) electrons. The van der Waals surface area contributed by atoms with Crippen molar-refractivity contribution in [3.63, 3.8) is 0 Å². The predicted molar refractivity (Wildman–Crippen MR) is 87.4 cm³/mol. The van der Waals surface area contributed by atoms with Gasteiger partial charge in [0.1, 0.15) is 5.69 Å². The third-order valence-corrected chi connectivity index (χ3v) is 4.76. The molecule has 110 valence electrons. The van der Waals surface area contributed by atoms with Crippen LogP contribution in [0.4, 0.5) is 5.69 Å². The first kappa shape index (κ1) is 14.2. The quantitative estimate of drug-likeness (QED) is 0.656. The van der Waals surface area contributed by atoms with Crippen molar-refractivity contribution in [3.05, 3.63) is 36.0 Å². The molecule has 0 saturated carbocycles. The molecule has 3 rings (SSSR count). The van der Waals surface area contributed by atoms with E-state index < -0.39 is 0 Å². The van der Waals surface area contributed by atoms with Gasteiger partial charge in [-0.15, -0.1) is 0 Å². The first-order valence-corrected chi connectivity index (χ1v) is 8.01. The second-order valence-corrected chi connectivity index (χ2v) is 6.70. The molecule has 1 aromatic heterocycles. The number of hydrogen-bond acceptors (Lipinski definition) is 5. The number of carbonyl (C=O) groups is 1. The number of pyridine rings is 1. The van der Waals surface area contributed by atoms with Gasteiger partial charge in [-0.3, -0.25) is 10.6 Å². The van der Waals surface area contributed by atoms with E-state index in [-0.39, 0.29) is 5.91 Å². The molecule has 1 fully saturated rings. The number of nitrogens with two attached hydrogens (primary N) is 1. The molecule has 1 unspecified atom stereocenters. The molecular weight excluding hydrogens is 284 g/mol. The molecule has 0 aliphatic carbocycles. The molecule has 1 amide bonds. The SMILES string of the molecule is CC1CN(C(=O)c2cc(NN)c3ccccc3n2)CCS1.